The van der Waals surface area contributed by atoms with E-state index < -0.39 is 5.97 Å². The fraction of sp³-hybridized carbons (Fsp3) is 0.900. The zero-order valence-electron chi connectivity index (χ0n) is 8.65. The van der Waals surface area contributed by atoms with Crippen molar-refractivity contribution in [2.75, 3.05) is 26.2 Å². The van der Waals surface area contributed by atoms with Gasteiger partial charge in [-0.1, -0.05) is 6.92 Å². The van der Waals surface area contributed by atoms with Gasteiger partial charge in [0.2, 0.25) is 0 Å². The summed E-state index contributed by atoms with van der Waals surface area (Å²) in [6.07, 6.45) is 2.20. The minimum absolute atomic E-state index is 0.219. The Labute approximate surface area is 84.5 Å². The molecular formula is C10H18N2O2. The molecule has 0 amide bonds. The van der Waals surface area contributed by atoms with Gasteiger partial charge in [-0.3, -0.25) is 9.69 Å². The molecule has 80 valence electrons. The molecular weight excluding hydrogens is 180 g/mol. The molecule has 0 aromatic rings. The Morgan fingerprint density at radius 2 is 2.29 bits per heavy atom. The predicted octanol–water partition coefficient (Wildman–Crippen LogP) is 0.239. The van der Waals surface area contributed by atoms with E-state index in [1.807, 2.05) is 0 Å². The molecule has 2 saturated heterocycles. The number of nitrogens with zero attached hydrogens (tertiary/aromatic N) is 2. The van der Waals surface area contributed by atoms with Crippen LogP contribution < -0.4 is 0 Å². The highest BCUT2D eigenvalue weighted by Gasteiger charge is 2.38. The molecule has 2 fully saturated rings. The van der Waals surface area contributed by atoms with Crippen molar-refractivity contribution in [1.82, 2.24) is 9.80 Å². The molecule has 0 aliphatic carbocycles. The lowest BCUT2D eigenvalue weighted by Crippen LogP contribution is -2.54. The molecule has 2 aliphatic heterocycles. The summed E-state index contributed by atoms with van der Waals surface area (Å²) in [6, 6.07) is 0.942. The van der Waals surface area contributed by atoms with Gasteiger partial charge in [0.1, 0.15) is 0 Å². The van der Waals surface area contributed by atoms with Crippen LogP contribution in [-0.4, -0.2) is 59.1 Å². The van der Waals surface area contributed by atoms with Gasteiger partial charge in [0.25, 0.3) is 0 Å². The van der Waals surface area contributed by atoms with Gasteiger partial charge in [-0.05, 0) is 19.4 Å². The van der Waals surface area contributed by atoms with Crippen molar-refractivity contribution in [2.24, 2.45) is 0 Å². The highest BCUT2D eigenvalue weighted by Crippen LogP contribution is 2.25. The fourth-order valence-corrected chi connectivity index (χ4v) is 2.73. The van der Waals surface area contributed by atoms with Gasteiger partial charge < -0.3 is 10.0 Å². The van der Waals surface area contributed by atoms with Crippen molar-refractivity contribution in [2.45, 2.75) is 31.8 Å². The van der Waals surface area contributed by atoms with Crippen LogP contribution in [0.2, 0.25) is 0 Å². The van der Waals surface area contributed by atoms with E-state index in [9.17, 15) is 4.79 Å². The molecule has 0 saturated carbocycles. The van der Waals surface area contributed by atoms with Gasteiger partial charge in [0.05, 0.1) is 6.54 Å². The Morgan fingerprint density at radius 1 is 1.50 bits per heavy atom. The maximum absolute atomic E-state index is 10.7. The van der Waals surface area contributed by atoms with Crippen LogP contribution in [0.25, 0.3) is 0 Å². The third-order valence-corrected chi connectivity index (χ3v) is 3.44. The van der Waals surface area contributed by atoms with E-state index in [0.717, 1.165) is 32.5 Å². The first-order valence-electron chi connectivity index (χ1n) is 5.40. The van der Waals surface area contributed by atoms with E-state index >= 15 is 0 Å². The van der Waals surface area contributed by atoms with Crippen LogP contribution in [0.1, 0.15) is 19.8 Å². The van der Waals surface area contributed by atoms with Gasteiger partial charge in [-0.25, -0.2) is 0 Å². The van der Waals surface area contributed by atoms with E-state index in [4.69, 9.17) is 5.11 Å². The van der Waals surface area contributed by atoms with Crippen molar-refractivity contribution < 1.29 is 9.90 Å². The molecule has 2 bridgehead atoms. The number of aliphatic carboxylic acids is 1. The summed E-state index contributed by atoms with van der Waals surface area (Å²) < 4.78 is 0. The van der Waals surface area contributed by atoms with E-state index in [2.05, 4.69) is 16.7 Å². The molecule has 2 rings (SSSR count). The Hall–Kier alpha value is -0.610. The number of fused-ring (bicyclic) bond motifs is 2. The lowest BCUT2D eigenvalue weighted by atomic mass is 10.1. The van der Waals surface area contributed by atoms with Crippen LogP contribution in [-0.2, 0) is 4.79 Å². The largest absolute Gasteiger partial charge is 0.480 e. The SMILES string of the molecule is CCC1CN2CCC(C2)N1CC(=O)O. The first-order chi connectivity index (χ1) is 6.70. The summed E-state index contributed by atoms with van der Waals surface area (Å²) in [6.45, 7) is 5.64. The molecule has 0 radical (unpaired) electrons. The number of carboxylic acid groups (broad SMARTS) is 1. The fourth-order valence-electron chi connectivity index (χ4n) is 2.73. The second-order valence-corrected chi connectivity index (χ2v) is 4.33. The van der Waals surface area contributed by atoms with Gasteiger partial charge in [0.15, 0.2) is 0 Å². The molecule has 0 aromatic carbocycles. The number of rotatable bonds is 3. The maximum Gasteiger partial charge on any atom is 0.317 e. The summed E-state index contributed by atoms with van der Waals surface area (Å²) in [5.41, 5.74) is 0. The van der Waals surface area contributed by atoms with Crippen molar-refractivity contribution in [3.8, 4) is 0 Å². The average molecular weight is 198 g/mol. The number of carbonyl (C=O) groups is 1. The number of carboxylic acids is 1. The zero-order valence-corrected chi connectivity index (χ0v) is 8.65. The monoisotopic (exact) mass is 198 g/mol. The number of hydrogen-bond donors (Lipinski definition) is 1. The van der Waals surface area contributed by atoms with E-state index in [1.165, 1.54) is 0 Å². The molecule has 4 heteroatoms. The summed E-state index contributed by atoms with van der Waals surface area (Å²) in [5.74, 6) is -0.691. The summed E-state index contributed by atoms with van der Waals surface area (Å²) in [7, 11) is 0. The second kappa shape index (κ2) is 3.87. The minimum atomic E-state index is -0.691. The van der Waals surface area contributed by atoms with Crippen LogP contribution in [0.15, 0.2) is 0 Å². The van der Waals surface area contributed by atoms with Crippen LogP contribution >= 0.6 is 0 Å². The van der Waals surface area contributed by atoms with E-state index in [0.29, 0.717) is 12.1 Å². The van der Waals surface area contributed by atoms with Crippen molar-refractivity contribution in [3.05, 3.63) is 0 Å². The molecule has 0 aromatic heterocycles. The van der Waals surface area contributed by atoms with Gasteiger partial charge in [0, 0.05) is 25.2 Å². The topological polar surface area (TPSA) is 43.8 Å². The van der Waals surface area contributed by atoms with Gasteiger partial charge >= 0.3 is 5.97 Å². The van der Waals surface area contributed by atoms with E-state index in [1.54, 1.807) is 0 Å². The molecule has 3 unspecified atom stereocenters. The minimum Gasteiger partial charge on any atom is -0.480 e. The molecule has 3 atom stereocenters. The van der Waals surface area contributed by atoms with Crippen LogP contribution in [0.4, 0.5) is 0 Å². The van der Waals surface area contributed by atoms with Gasteiger partial charge in [-0.15, -0.1) is 0 Å². The summed E-state index contributed by atoms with van der Waals surface area (Å²) in [5, 5.41) is 8.85. The third-order valence-electron chi connectivity index (χ3n) is 3.44. The maximum atomic E-state index is 10.7. The Morgan fingerprint density at radius 3 is 2.93 bits per heavy atom. The van der Waals surface area contributed by atoms with Crippen molar-refractivity contribution in [3.63, 3.8) is 0 Å². The third kappa shape index (κ3) is 1.77. The Kier molecular flexibility index (Phi) is 2.74. The first kappa shape index (κ1) is 9.93. The van der Waals surface area contributed by atoms with Crippen LogP contribution in [0, 0.1) is 0 Å². The standard InChI is InChI=1S/C10H18N2O2/c1-2-8-5-11-4-3-9(6-11)12(8)7-10(13)14/h8-9H,2-7H2,1H3,(H,13,14). The highest BCUT2D eigenvalue weighted by atomic mass is 16.4. The number of piperazine rings is 1. The second-order valence-electron chi connectivity index (χ2n) is 4.33. The smallest absolute Gasteiger partial charge is 0.317 e. The normalized spacial score (nSPS) is 37.4. The quantitative estimate of drug-likeness (QED) is 0.705. The first-order valence-corrected chi connectivity index (χ1v) is 5.40. The van der Waals surface area contributed by atoms with E-state index in [-0.39, 0.29) is 6.54 Å². The predicted molar refractivity (Wildman–Crippen MR) is 53.3 cm³/mol. The lowest BCUT2D eigenvalue weighted by molar-refractivity contribution is -0.140. The molecule has 4 nitrogen and oxygen atoms in total. The lowest BCUT2D eigenvalue weighted by Gasteiger charge is -2.40. The summed E-state index contributed by atoms with van der Waals surface area (Å²) >= 11 is 0. The van der Waals surface area contributed by atoms with Crippen molar-refractivity contribution >= 4 is 5.97 Å². The highest BCUT2D eigenvalue weighted by molar-refractivity contribution is 5.69. The van der Waals surface area contributed by atoms with Crippen LogP contribution in [0.3, 0.4) is 0 Å². The molecule has 14 heavy (non-hydrogen) atoms. The van der Waals surface area contributed by atoms with Crippen molar-refractivity contribution in [1.29, 1.82) is 0 Å². The average Bonchev–Trinajstić information content (AvgIpc) is 2.53. The zero-order chi connectivity index (χ0) is 10.1. The Bertz CT molecular complexity index is 232. The molecule has 1 N–H and O–H groups in total. The molecule has 2 aliphatic rings. The molecule has 2 heterocycles. The Balaban J connectivity index is 2.05. The molecule has 0 spiro atoms. The summed E-state index contributed by atoms with van der Waals surface area (Å²) in [4.78, 5) is 15.4. The number of hydrogen-bond acceptors (Lipinski definition) is 3. The van der Waals surface area contributed by atoms with Crippen LogP contribution in [0.5, 0.6) is 0 Å². The van der Waals surface area contributed by atoms with Gasteiger partial charge in [-0.2, -0.15) is 0 Å².